The monoisotopic (exact) mass is 282 g/mol. The Balaban J connectivity index is 2.00. The van der Waals surface area contributed by atoms with Crippen molar-refractivity contribution in [2.24, 2.45) is 17.3 Å². The number of nitrogens with zero attached hydrogens (tertiary/aromatic N) is 1. The topological polar surface area (TPSA) is 69.6 Å². The molecular weight excluding hydrogens is 256 g/mol. The number of amides is 2. The lowest BCUT2D eigenvalue weighted by Gasteiger charge is -2.46. The maximum Gasteiger partial charge on any atom is 0.317 e. The van der Waals surface area contributed by atoms with Gasteiger partial charge in [0.15, 0.2) is 0 Å². The fraction of sp³-hybridized carbons (Fsp3) is 0.867. The van der Waals surface area contributed by atoms with Gasteiger partial charge in [-0.3, -0.25) is 4.79 Å². The van der Waals surface area contributed by atoms with Gasteiger partial charge in [0.2, 0.25) is 0 Å². The summed E-state index contributed by atoms with van der Waals surface area (Å²) in [6, 6.07) is 0.0950. The van der Waals surface area contributed by atoms with Gasteiger partial charge in [0.05, 0.1) is 5.92 Å². The molecule has 5 nitrogen and oxygen atoms in total. The summed E-state index contributed by atoms with van der Waals surface area (Å²) < 4.78 is 0. The van der Waals surface area contributed by atoms with Gasteiger partial charge in [-0.25, -0.2) is 4.79 Å². The van der Waals surface area contributed by atoms with Gasteiger partial charge in [-0.15, -0.1) is 0 Å². The molecule has 1 aliphatic carbocycles. The summed E-state index contributed by atoms with van der Waals surface area (Å²) in [6.45, 7) is 7.75. The van der Waals surface area contributed by atoms with Crippen LogP contribution in [-0.4, -0.2) is 41.1 Å². The fourth-order valence-electron chi connectivity index (χ4n) is 3.61. The minimum atomic E-state index is -0.717. The predicted molar refractivity (Wildman–Crippen MR) is 76.4 cm³/mol. The van der Waals surface area contributed by atoms with Crippen LogP contribution < -0.4 is 5.32 Å². The van der Waals surface area contributed by atoms with Crippen LogP contribution >= 0.6 is 0 Å². The van der Waals surface area contributed by atoms with E-state index in [0.717, 1.165) is 32.4 Å². The number of urea groups is 1. The van der Waals surface area contributed by atoms with Crippen molar-refractivity contribution in [2.75, 3.05) is 13.1 Å². The molecule has 3 atom stereocenters. The first kappa shape index (κ1) is 15.1. The highest BCUT2D eigenvalue weighted by atomic mass is 16.4. The Hall–Kier alpha value is -1.26. The largest absolute Gasteiger partial charge is 0.481 e. The SMILES string of the molecule is CC1C(NC(=O)N2CCCC2)CCC(C(=O)O)C1(C)C. The molecule has 0 bridgehead atoms. The number of hydrogen-bond donors (Lipinski definition) is 2. The lowest BCUT2D eigenvalue weighted by molar-refractivity contribution is -0.150. The third kappa shape index (κ3) is 2.76. The molecule has 2 fully saturated rings. The summed E-state index contributed by atoms with van der Waals surface area (Å²) >= 11 is 0. The molecule has 2 rings (SSSR count). The predicted octanol–water partition coefficient (Wildman–Crippen LogP) is 2.32. The van der Waals surface area contributed by atoms with Crippen LogP contribution in [0.3, 0.4) is 0 Å². The molecule has 1 saturated carbocycles. The molecular formula is C15H26N2O3. The Bertz CT molecular complexity index is 389. The molecule has 3 unspecified atom stereocenters. The van der Waals surface area contributed by atoms with Crippen LogP contribution in [0.4, 0.5) is 4.79 Å². The van der Waals surface area contributed by atoms with Crippen LogP contribution in [0.5, 0.6) is 0 Å². The van der Waals surface area contributed by atoms with Crippen LogP contribution in [0.1, 0.15) is 46.5 Å². The van der Waals surface area contributed by atoms with E-state index >= 15 is 0 Å². The Morgan fingerprint density at radius 1 is 1.20 bits per heavy atom. The zero-order chi connectivity index (χ0) is 14.9. The maximum absolute atomic E-state index is 12.2. The number of carboxylic acid groups (broad SMARTS) is 1. The molecule has 0 aromatic heterocycles. The van der Waals surface area contributed by atoms with E-state index in [-0.39, 0.29) is 29.3 Å². The van der Waals surface area contributed by atoms with Gasteiger partial charge < -0.3 is 15.3 Å². The van der Waals surface area contributed by atoms with Gasteiger partial charge in [0.1, 0.15) is 0 Å². The summed E-state index contributed by atoms with van der Waals surface area (Å²) in [5.41, 5.74) is -0.299. The first-order valence-corrected chi connectivity index (χ1v) is 7.62. The van der Waals surface area contributed by atoms with Crippen molar-refractivity contribution in [3.63, 3.8) is 0 Å². The number of carbonyl (C=O) groups excluding carboxylic acids is 1. The van der Waals surface area contributed by atoms with Crippen LogP contribution in [0, 0.1) is 17.3 Å². The Kier molecular flexibility index (Phi) is 4.25. The molecule has 2 aliphatic rings. The van der Waals surface area contributed by atoms with Gasteiger partial charge >= 0.3 is 12.0 Å². The highest BCUT2D eigenvalue weighted by Crippen LogP contribution is 2.45. The smallest absolute Gasteiger partial charge is 0.317 e. The standard InChI is InChI=1S/C15H26N2O3/c1-10-12(16-14(20)17-8-4-5-9-17)7-6-11(13(18)19)15(10,2)3/h10-12H,4-9H2,1-3H3,(H,16,20)(H,18,19). The lowest BCUT2D eigenvalue weighted by Crippen LogP contribution is -2.54. The molecule has 2 N–H and O–H groups in total. The summed E-state index contributed by atoms with van der Waals surface area (Å²) in [6.07, 6.45) is 3.55. The van der Waals surface area contributed by atoms with Crippen molar-refractivity contribution in [3.05, 3.63) is 0 Å². The van der Waals surface area contributed by atoms with Gasteiger partial charge in [-0.2, -0.15) is 0 Å². The molecule has 0 aromatic carbocycles. The number of nitrogens with one attached hydrogen (secondary N) is 1. The van der Waals surface area contributed by atoms with E-state index in [1.165, 1.54) is 0 Å². The van der Waals surface area contributed by atoms with Crippen LogP contribution in [-0.2, 0) is 4.79 Å². The second-order valence-electron chi connectivity index (χ2n) is 6.83. The van der Waals surface area contributed by atoms with Gasteiger partial charge in [0, 0.05) is 19.1 Å². The fourth-order valence-corrected chi connectivity index (χ4v) is 3.61. The van der Waals surface area contributed by atoms with Gasteiger partial charge in [-0.1, -0.05) is 20.8 Å². The van der Waals surface area contributed by atoms with E-state index in [9.17, 15) is 14.7 Å². The Labute approximate surface area is 120 Å². The summed E-state index contributed by atoms with van der Waals surface area (Å²) in [7, 11) is 0. The van der Waals surface area contributed by atoms with Gasteiger partial charge in [0.25, 0.3) is 0 Å². The average Bonchev–Trinajstić information content (AvgIpc) is 2.88. The van der Waals surface area contributed by atoms with E-state index in [1.807, 2.05) is 18.7 Å². The van der Waals surface area contributed by atoms with Crippen molar-refractivity contribution in [1.29, 1.82) is 0 Å². The summed E-state index contributed by atoms with van der Waals surface area (Å²) in [4.78, 5) is 25.4. The minimum Gasteiger partial charge on any atom is -0.481 e. The van der Waals surface area contributed by atoms with E-state index < -0.39 is 5.97 Å². The molecule has 1 heterocycles. The Morgan fingerprint density at radius 2 is 1.80 bits per heavy atom. The van der Waals surface area contributed by atoms with Crippen LogP contribution in [0.15, 0.2) is 0 Å². The van der Waals surface area contributed by atoms with E-state index in [1.54, 1.807) is 0 Å². The maximum atomic E-state index is 12.2. The Morgan fingerprint density at radius 3 is 2.35 bits per heavy atom. The quantitative estimate of drug-likeness (QED) is 0.816. The average molecular weight is 282 g/mol. The summed E-state index contributed by atoms with van der Waals surface area (Å²) in [5, 5.41) is 12.5. The zero-order valence-corrected chi connectivity index (χ0v) is 12.7. The van der Waals surface area contributed by atoms with Crippen molar-refractivity contribution in [2.45, 2.75) is 52.5 Å². The molecule has 0 aromatic rings. The second kappa shape index (κ2) is 5.62. The highest BCUT2D eigenvalue weighted by molar-refractivity contribution is 5.75. The third-order valence-corrected chi connectivity index (χ3v) is 5.44. The number of hydrogen-bond acceptors (Lipinski definition) is 2. The first-order chi connectivity index (χ1) is 9.34. The van der Waals surface area contributed by atoms with Crippen molar-refractivity contribution < 1.29 is 14.7 Å². The molecule has 1 saturated heterocycles. The molecule has 5 heteroatoms. The lowest BCUT2D eigenvalue weighted by atomic mass is 9.61. The normalized spacial score (nSPS) is 33.0. The van der Waals surface area contributed by atoms with Crippen molar-refractivity contribution >= 4 is 12.0 Å². The van der Waals surface area contributed by atoms with E-state index in [0.29, 0.717) is 6.42 Å². The minimum absolute atomic E-state index is 0.0175. The number of aliphatic carboxylic acids is 1. The molecule has 20 heavy (non-hydrogen) atoms. The zero-order valence-electron chi connectivity index (χ0n) is 12.7. The first-order valence-electron chi connectivity index (χ1n) is 7.62. The van der Waals surface area contributed by atoms with Crippen LogP contribution in [0.25, 0.3) is 0 Å². The van der Waals surface area contributed by atoms with Crippen molar-refractivity contribution in [1.82, 2.24) is 10.2 Å². The molecule has 2 amide bonds. The number of carboxylic acids is 1. The molecule has 1 aliphatic heterocycles. The van der Waals surface area contributed by atoms with E-state index in [2.05, 4.69) is 12.2 Å². The molecule has 0 radical (unpaired) electrons. The van der Waals surface area contributed by atoms with Crippen molar-refractivity contribution in [3.8, 4) is 0 Å². The number of carbonyl (C=O) groups is 2. The third-order valence-electron chi connectivity index (χ3n) is 5.44. The van der Waals surface area contributed by atoms with Gasteiger partial charge in [-0.05, 0) is 37.0 Å². The number of rotatable bonds is 2. The van der Waals surface area contributed by atoms with Crippen LogP contribution in [0.2, 0.25) is 0 Å². The highest BCUT2D eigenvalue weighted by Gasteiger charge is 2.46. The number of likely N-dealkylation sites (tertiary alicyclic amines) is 1. The molecule has 114 valence electrons. The molecule has 0 spiro atoms. The summed E-state index contributed by atoms with van der Waals surface area (Å²) in [5.74, 6) is -0.882. The van der Waals surface area contributed by atoms with E-state index in [4.69, 9.17) is 0 Å². The second-order valence-corrected chi connectivity index (χ2v) is 6.83.